The first-order valence-electron chi connectivity index (χ1n) is 14.2. The second-order valence-corrected chi connectivity index (χ2v) is 11.0. The van der Waals surface area contributed by atoms with E-state index in [4.69, 9.17) is 5.10 Å². The molecule has 1 aliphatic carbocycles. The lowest BCUT2D eigenvalue weighted by atomic mass is 9.63. The summed E-state index contributed by atoms with van der Waals surface area (Å²) in [4.78, 5) is 26.2. The zero-order chi connectivity index (χ0) is 28.0. The number of rotatable bonds is 7. The molecule has 10 nitrogen and oxygen atoms in total. The van der Waals surface area contributed by atoms with Gasteiger partial charge in [0.2, 0.25) is 17.6 Å². The molecule has 2 aromatic carbocycles. The zero-order valence-electron chi connectivity index (χ0n) is 22.7. The summed E-state index contributed by atoms with van der Waals surface area (Å²) in [5, 5.41) is 26.5. The van der Waals surface area contributed by atoms with Gasteiger partial charge in [0, 0.05) is 17.9 Å². The molecule has 7 rings (SSSR count). The number of allylic oxidation sites excluding steroid dienone is 2. The van der Waals surface area contributed by atoms with Crippen LogP contribution in [0.1, 0.15) is 61.8 Å². The molecule has 3 aliphatic rings. The highest BCUT2D eigenvalue weighted by Crippen LogP contribution is 2.54. The van der Waals surface area contributed by atoms with Crippen LogP contribution in [-0.4, -0.2) is 47.2 Å². The van der Waals surface area contributed by atoms with Gasteiger partial charge in [0.1, 0.15) is 11.6 Å². The van der Waals surface area contributed by atoms with Gasteiger partial charge in [0.15, 0.2) is 0 Å². The molecular weight excluding hydrogens is 516 g/mol. The van der Waals surface area contributed by atoms with Gasteiger partial charge in [-0.25, -0.2) is 0 Å². The first-order chi connectivity index (χ1) is 20.1. The Balaban J connectivity index is 1.27. The van der Waals surface area contributed by atoms with Crippen molar-refractivity contribution in [3.63, 3.8) is 0 Å². The zero-order valence-corrected chi connectivity index (χ0v) is 22.7. The van der Waals surface area contributed by atoms with Gasteiger partial charge in [-0.2, -0.15) is 5.21 Å². The Morgan fingerprint density at radius 1 is 0.976 bits per heavy atom. The van der Waals surface area contributed by atoms with Crippen LogP contribution >= 0.6 is 0 Å². The molecule has 4 aromatic rings. The fraction of sp³-hybridized carbons (Fsp3) is 0.323. The van der Waals surface area contributed by atoms with Gasteiger partial charge in [0.25, 0.3) is 0 Å². The van der Waals surface area contributed by atoms with Crippen LogP contribution in [0.2, 0.25) is 0 Å². The van der Waals surface area contributed by atoms with Gasteiger partial charge in [0.05, 0.1) is 17.4 Å². The lowest BCUT2D eigenvalue weighted by Gasteiger charge is -2.41. The maximum atomic E-state index is 13.4. The van der Waals surface area contributed by atoms with Crippen molar-refractivity contribution >= 4 is 11.8 Å². The molecule has 0 radical (unpaired) electrons. The summed E-state index contributed by atoms with van der Waals surface area (Å²) in [5.74, 6) is 0.989. The predicted molar refractivity (Wildman–Crippen MR) is 151 cm³/mol. The van der Waals surface area contributed by atoms with Crippen molar-refractivity contribution in [3.05, 3.63) is 90.0 Å². The number of imide groups is 1. The summed E-state index contributed by atoms with van der Waals surface area (Å²) in [6.07, 6.45) is 11.8. The third kappa shape index (κ3) is 3.96. The van der Waals surface area contributed by atoms with Gasteiger partial charge in [-0.3, -0.25) is 14.9 Å². The number of hydrogen-bond acceptors (Lipinski definition) is 7. The largest absolute Gasteiger partial charge is 0.307 e. The average Bonchev–Trinajstić information content (AvgIpc) is 3.75. The smallest absolute Gasteiger partial charge is 0.238 e. The summed E-state index contributed by atoms with van der Waals surface area (Å²) in [6.45, 7) is 2.16. The molecule has 41 heavy (non-hydrogen) atoms. The quantitative estimate of drug-likeness (QED) is 0.330. The molecule has 2 amide bonds. The molecule has 0 spiro atoms. The summed E-state index contributed by atoms with van der Waals surface area (Å²) < 4.78 is 2.25. The van der Waals surface area contributed by atoms with Crippen LogP contribution in [0.5, 0.6) is 0 Å². The van der Waals surface area contributed by atoms with Gasteiger partial charge < -0.3 is 4.57 Å². The fourth-order valence-electron chi connectivity index (χ4n) is 6.82. The normalized spacial score (nSPS) is 24.8. The van der Waals surface area contributed by atoms with E-state index in [-0.39, 0.29) is 23.8 Å². The topological polar surface area (TPSA) is 131 Å². The number of carbonyl (C=O) groups is 2. The summed E-state index contributed by atoms with van der Waals surface area (Å²) in [7, 11) is 0. The summed E-state index contributed by atoms with van der Waals surface area (Å²) in [6, 6.07) is 16.6. The van der Waals surface area contributed by atoms with Crippen LogP contribution in [-0.2, 0) is 16.0 Å². The molecule has 2 N–H and O–H groups in total. The van der Waals surface area contributed by atoms with Crippen molar-refractivity contribution < 1.29 is 9.59 Å². The Bertz CT molecular complexity index is 1670. The minimum Gasteiger partial charge on any atom is -0.307 e. The van der Waals surface area contributed by atoms with Gasteiger partial charge >= 0.3 is 0 Å². The third-order valence-corrected chi connectivity index (χ3v) is 8.81. The monoisotopic (exact) mass is 546 g/mol. The molecule has 0 bridgehead atoms. The van der Waals surface area contributed by atoms with Gasteiger partial charge in [-0.1, -0.05) is 86.2 Å². The highest BCUT2D eigenvalue weighted by Gasteiger charge is 2.60. The van der Waals surface area contributed by atoms with E-state index in [0.29, 0.717) is 12.2 Å². The standard InChI is InChI=1S/C31H30N8O2/c1-2-3-11-26-33-36-28-23(31-18-7-6-10-24(31)29(40)32-30(31)41)16-17-25(39(26)28)20-14-12-19(13-15-20)21-8-4-5-9-22(21)27-34-37-38-35-27/h4-10,12-15,18,23-25H,2-3,11,16-17H2,1H3,(H,32,40,41)(H,34,35,37,38). The van der Waals surface area contributed by atoms with Gasteiger partial charge in [-0.05, 0) is 41.2 Å². The number of aromatic amines is 1. The number of benzene rings is 2. The summed E-state index contributed by atoms with van der Waals surface area (Å²) >= 11 is 0. The highest BCUT2D eigenvalue weighted by atomic mass is 16.2. The van der Waals surface area contributed by atoms with Crippen LogP contribution in [0.3, 0.4) is 0 Å². The minimum absolute atomic E-state index is 0.0303. The third-order valence-electron chi connectivity index (χ3n) is 8.81. The van der Waals surface area contributed by atoms with Crippen LogP contribution in [0.15, 0.2) is 72.8 Å². The van der Waals surface area contributed by atoms with Crippen molar-refractivity contribution in [2.75, 3.05) is 0 Å². The van der Waals surface area contributed by atoms with E-state index < -0.39 is 11.3 Å². The van der Waals surface area contributed by atoms with Crippen molar-refractivity contribution in [1.82, 2.24) is 40.7 Å². The maximum Gasteiger partial charge on any atom is 0.238 e. The number of aryl methyl sites for hydroxylation is 1. The number of hydrogen-bond donors (Lipinski definition) is 2. The molecule has 10 heteroatoms. The second-order valence-electron chi connectivity index (χ2n) is 11.0. The van der Waals surface area contributed by atoms with E-state index in [2.05, 4.69) is 72.9 Å². The molecule has 4 atom stereocenters. The molecule has 206 valence electrons. The molecule has 1 saturated heterocycles. The number of nitrogens with zero attached hydrogens (tertiary/aromatic N) is 6. The van der Waals surface area contributed by atoms with Crippen molar-refractivity contribution in [2.24, 2.45) is 11.3 Å². The van der Waals surface area contributed by atoms with Crippen LogP contribution in [0.25, 0.3) is 22.5 Å². The SMILES string of the molecule is CCCCc1nnc2n1C(c1ccc(-c3ccccc3-c3nn[nH]n3)cc1)CCC2C12C=CC=CC1C(=O)NC2=O. The minimum atomic E-state index is -0.980. The van der Waals surface area contributed by atoms with Crippen molar-refractivity contribution in [1.29, 1.82) is 0 Å². The van der Waals surface area contributed by atoms with E-state index in [0.717, 1.165) is 59.6 Å². The average molecular weight is 547 g/mol. The lowest BCUT2D eigenvalue weighted by molar-refractivity contribution is -0.128. The van der Waals surface area contributed by atoms with Crippen LogP contribution in [0.4, 0.5) is 0 Å². The Morgan fingerprint density at radius 3 is 2.59 bits per heavy atom. The number of fused-ring (bicyclic) bond motifs is 2. The van der Waals surface area contributed by atoms with E-state index in [1.54, 1.807) is 0 Å². The molecule has 2 aromatic heterocycles. The molecular formula is C31H30N8O2. The van der Waals surface area contributed by atoms with Gasteiger partial charge in [-0.15, -0.1) is 20.4 Å². The first-order valence-corrected chi connectivity index (χ1v) is 14.2. The van der Waals surface area contributed by atoms with E-state index in [1.165, 1.54) is 0 Å². The van der Waals surface area contributed by atoms with E-state index in [1.807, 2.05) is 42.5 Å². The predicted octanol–water partition coefficient (Wildman–Crippen LogP) is 4.32. The number of H-pyrrole nitrogens is 1. The van der Waals surface area contributed by atoms with E-state index in [9.17, 15) is 9.59 Å². The molecule has 2 aliphatic heterocycles. The number of unbranched alkanes of at least 4 members (excludes halogenated alkanes) is 1. The molecule has 0 saturated carbocycles. The molecule has 4 heterocycles. The number of tetrazole rings is 1. The van der Waals surface area contributed by atoms with Crippen molar-refractivity contribution in [2.45, 2.75) is 51.0 Å². The van der Waals surface area contributed by atoms with E-state index >= 15 is 0 Å². The second kappa shape index (κ2) is 10.0. The number of aromatic nitrogens is 7. The molecule has 4 unspecified atom stereocenters. The van der Waals surface area contributed by atoms with Crippen LogP contribution < -0.4 is 5.32 Å². The number of amides is 2. The maximum absolute atomic E-state index is 13.4. The Morgan fingerprint density at radius 2 is 1.80 bits per heavy atom. The number of nitrogens with one attached hydrogen (secondary N) is 2. The highest BCUT2D eigenvalue weighted by molar-refractivity contribution is 6.10. The summed E-state index contributed by atoms with van der Waals surface area (Å²) in [5.41, 5.74) is 3.16. The molecule has 1 fully saturated rings. The number of carbonyl (C=O) groups excluding carboxylic acids is 2. The fourth-order valence-corrected chi connectivity index (χ4v) is 6.82. The first kappa shape index (κ1) is 25.3. The Labute approximate surface area is 237 Å². The van der Waals surface area contributed by atoms with Crippen molar-refractivity contribution in [3.8, 4) is 22.5 Å². The Kier molecular flexibility index (Phi) is 6.18. The van der Waals surface area contributed by atoms with Crippen LogP contribution in [0, 0.1) is 11.3 Å². The lowest BCUT2D eigenvalue weighted by Crippen LogP contribution is -2.43. The Hall–Kier alpha value is -4.73.